The molecule has 98 valence electrons. The zero-order valence-corrected chi connectivity index (χ0v) is 11.3. The van der Waals surface area contributed by atoms with Gasteiger partial charge in [-0.05, 0) is 31.9 Å². The van der Waals surface area contributed by atoms with Crippen LogP contribution in [0.1, 0.15) is 26.7 Å². The number of anilines is 1. The van der Waals surface area contributed by atoms with Crippen LogP contribution in [0.2, 0.25) is 0 Å². The molecule has 0 fully saturated rings. The van der Waals surface area contributed by atoms with Crippen molar-refractivity contribution < 1.29 is 5.11 Å². The highest BCUT2D eigenvalue weighted by Crippen LogP contribution is 2.24. The minimum absolute atomic E-state index is 0.121. The molecule has 2 N–H and O–H groups in total. The zero-order valence-electron chi connectivity index (χ0n) is 11.3. The van der Waals surface area contributed by atoms with Crippen molar-refractivity contribution in [3.05, 3.63) is 24.3 Å². The molecule has 0 aliphatic heterocycles. The van der Waals surface area contributed by atoms with E-state index >= 15 is 0 Å². The van der Waals surface area contributed by atoms with E-state index in [0.29, 0.717) is 6.42 Å². The molecule has 0 spiro atoms. The quantitative estimate of drug-likeness (QED) is 0.853. The van der Waals surface area contributed by atoms with Gasteiger partial charge in [0, 0.05) is 19.2 Å². The molecule has 18 heavy (non-hydrogen) atoms. The maximum absolute atomic E-state index is 9.15. The number of nitrogens with one attached hydrogen (secondary N) is 1. The lowest BCUT2D eigenvalue weighted by molar-refractivity contribution is 0.251. The predicted molar refractivity (Wildman–Crippen MR) is 74.7 cm³/mol. The summed E-state index contributed by atoms with van der Waals surface area (Å²) in [6, 6.07) is 8.07. The molecule has 1 atom stereocenters. The van der Waals surface area contributed by atoms with Crippen molar-refractivity contribution in [2.75, 3.05) is 11.9 Å². The van der Waals surface area contributed by atoms with Crippen molar-refractivity contribution >= 4 is 17.0 Å². The minimum atomic E-state index is -0.121. The maximum atomic E-state index is 9.15. The van der Waals surface area contributed by atoms with Crippen molar-refractivity contribution in [3.63, 3.8) is 0 Å². The van der Waals surface area contributed by atoms with Gasteiger partial charge in [0.25, 0.3) is 0 Å². The second-order valence-electron chi connectivity index (χ2n) is 5.00. The molecule has 2 rings (SSSR count). The van der Waals surface area contributed by atoms with Crippen molar-refractivity contribution in [1.29, 1.82) is 0 Å². The average molecular weight is 247 g/mol. The SMILES string of the molecule is CCC(C)(CCO)Nc1nc2ccccc2n1C. The van der Waals surface area contributed by atoms with Crippen LogP contribution in [0.25, 0.3) is 11.0 Å². The summed E-state index contributed by atoms with van der Waals surface area (Å²) in [6.45, 7) is 4.41. The Kier molecular flexibility index (Phi) is 3.57. The summed E-state index contributed by atoms with van der Waals surface area (Å²) in [5.41, 5.74) is 1.98. The monoisotopic (exact) mass is 247 g/mol. The topological polar surface area (TPSA) is 50.1 Å². The first-order valence-corrected chi connectivity index (χ1v) is 6.40. The highest BCUT2D eigenvalue weighted by atomic mass is 16.3. The highest BCUT2D eigenvalue weighted by Gasteiger charge is 2.23. The summed E-state index contributed by atoms with van der Waals surface area (Å²) >= 11 is 0. The minimum Gasteiger partial charge on any atom is -0.396 e. The fraction of sp³-hybridized carbons (Fsp3) is 0.500. The molecule has 1 aromatic heterocycles. The van der Waals surface area contributed by atoms with Crippen LogP contribution in [0.4, 0.5) is 5.95 Å². The van der Waals surface area contributed by atoms with Gasteiger partial charge in [-0.15, -0.1) is 0 Å². The standard InChI is InChI=1S/C14H21N3O/c1-4-14(2,9-10-18)16-13-15-11-7-5-6-8-12(11)17(13)3/h5-8,18H,4,9-10H2,1-3H3,(H,15,16). The molecular weight excluding hydrogens is 226 g/mol. The Hall–Kier alpha value is -1.55. The van der Waals surface area contributed by atoms with E-state index in [4.69, 9.17) is 5.11 Å². The number of imidazole rings is 1. The fourth-order valence-electron chi connectivity index (χ4n) is 2.10. The van der Waals surface area contributed by atoms with Crippen LogP contribution in [0, 0.1) is 0 Å². The van der Waals surface area contributed by atoms with Crippen LogP contribution in [0.5, 0.6) is 0 Å². The lowest BCUT2D eigenvalue weighted by Gasteiger charge is -2.29. The van der Waals surface area contributed by atoms with E-state index in [9.17, 15) is 0 Å². The van der Waals surface area contributed by atoms with Gasteiger partial charge in [0.2, 0.25) is 5.95 Å². The number of benzene rings is 1. The summed E-state index contributed by atoms with van der Waals surface area (Å²) < 4.78 is 2.06. The second kappa shape index (κ2) is 4.98. The third-order valence-electron chi connectivity index (χ3n) is 3.64. The van der Waals surface area contributed by atoms with Gasteiger partial charge in [0.1, 0.15) is 0 Å². The molecule has 1 heterocycles. The van der Waals surface area contributed by atoms with Gasteiger partial charge in [-0.2, -0.15) is 0 Å². The zero-order chi connectivity index (χ0) is 13.2. The first-order chi connectivity index (χ1) is 8.59. The Morgan fingerprint density at radius 1 is 1.39 bits per heavy atom. The van der Waals surface area contributed by atoms with Gasteiger partial charge in [-0.25, -0.2) is 4.98 Å². The van der Waals surface area contributed by atoms with E-state index < -0.39 is 0 Å². The molecular formula is C14H21N3O. The maximum Gasteiger partial charge on any atom is 0.204 e. The van der Waals surface area contributed by atoms with Crippen LogP contribution in [-0.4, -0.2) is 26.8 Å². The van der Waals surface area contributed by atoms with Crippen LogP contribution >= 0.6 is 0 Å². The summed E-state index contributed by atoms with van der Waals surface area (Å²) in [4.78, 5) is 4.60. The Labute approximate surface area is 108 Å². The average Bonchev–Trinajstić information content (AvgIpc) is 2.67. The molecule has 0 radical (unpaired) electrons. The van der Waals surface area contributed by atoms with Gasteiger partial charge in [0.15, 0.2) is 0 Å². The third kappa shape index (κ3) is 2.34. The normalized spacial score (nSPS) is 14.7. The number of rotatable bonds is 5. The molecule has 0 amide bonds. The number of fused-ring (bicyclic) bond motifs is 1. The van der Waals surface area contributed by atoms with Crippen LogP contribution in [0.3, 0.4) is 0 Å². The molecule has 1 unspecified atom stereocenters. The number of aryl methyl sites for hydroxylation is 1. The highest BCUT2D eigenvalue weighted by molar-refractivity contribution is 5.78. The molecule has 2 aromatic rings. The number of para-hydroxylation sites is 2. The van der Waals surface area contributed by atoms with E-state index in [1.807, 2.05) is 25.2 Å². The molecule has 0 aliphatic rings. The van der Waals surface area contributed by atoms with E-state index in [1.165, 1.54) is 0 Å². The first kappa shape index (κ1) is 12.9. The van der Waals surface area contributed by atoms with Gasteiger partial charge >= 0.3 is 0 Å². The van der Waals surface area contributed by atoms with E-state index in [2.05, 4.69) is 34.8 Å². The molecule has 4 heteroatoms. The smallest absolute Gasteiger partial charge is 0.204 e. The Morgan fingerprint density at radius 3 is 2.72 bits per heavy atom. The van der Waals surface area contributed by atoms with Crippen molar-refractivity contribution in [2.45, 2.75) is 32.2 Å². The van der Waals surface area contributed by atoms with Gasteiger partial charge in [-0.1, -0.05) is 19.1 Å². The Morgan fingerprint density at radius 2 is 2.11 bits per heavy atom. The second-order valence-corrected chi connectivity index (χ2v) is 5.00. The van der Waals surface area contributed by atoms with Crippen molar-refractivity contribution in [3.8, 4) is 0 Å². The van der Waals surface area contributed by atoms with Crippen LogP contribution < -0.4 is 5.32 Å². The predicted octanol–water partition coefficient (Wildman–Crippen LogP) is 2.54. The van der Waals surface area contributed by atoms with Gasteiger partial charge in [0.05, 0.1) is 11.0 Å². The summed E-state index contributed by atoms with van der Waals surface area (Å²) in [5.74, 6) is 0.856. The van der Waals surface area contributed by atoms with Gasteiger partial charge < -0.3 is 15.0 Å². The molecule has 0 bridgehead atoms. The number of hydrogen-bond acceptors (Lipinski definition) is 3. The Balaban J connectivity index is 2.34. The lowest BCUT2D eigenvalue weighted by Crippen LogP contribution is -2.36. The largest absolute Gasteiger partial charge is 0.396 e. The van der Waals surface area contributed by atoms with E-state index in [1.54, 1.807) is 0 Å². The Bertz CT molecular complexity index is 535. The number of nitrogens with zero attached hydrogens (tertiary/aromatic N) is 2. The summed E-state index contributed by atoms with van der Waals surface area (Å²) in [5, 5.41) is 12.6. The molecule has 0 saturated heterocycles. The number of hydrogen-bond donors (Lipinski definition) is 2. The van der Waals surface area contributed by atoms with Crippen molar-refractivity contribution in [1.82, 2.24) is 9.55 Å². The molecule has 4 nitrogen and oxygen atoms in total. The number of aliphatic hydroxyl groups excluding tert-OH is 1. The van der Waals surface area contributed by atoms with E-state index in [-0.39, 0.29) is 12.1 Å². The first-order valence-electron chi connectivity index (χ1n) is 6.40. The fourth-order valence-corrected chi connectivity index (χ4v) is 2.10. The molecule has 1 aromatic carbocycles. The number of aromatic nitrogens is 2. The third-order valence-corrected chi connectivity index (χ3v) is 3.64. The summed E-state index contributed by atoms with van der Waals surface area (Å²) in [7, 11) is 2.01. The van der Waals surface area contributed by atoms with Gasteiger partial charge in [-0.3, -0.25) is 0 Å². The molecule has 0 saturated carbocycles. The van der Waals surface area contributed by atoms with Crippen LogP contribution in [-0.2, 0) is 7.05 Å². The lowest BCUT2D eigenvalue weighted by atomic mass is 9.95. The van der Waals surface area contributed by atoms with Crippen LogP contribution in [0.15, 0.2) is 24.3 Å². The summed E-state index contributed by atoms with van der Waals surface area (Å²) in [6.07, 6.45) is 1.66. The van der Waals surface area contributed by atoms with Crippen molar-refractivity contribution in [2.24, 2.45) is 7.05 Å². The number of aliphatic hydroxyl groups is 1. The van der Waals surface area contributed by atoms with E-state index in [0.717, 1.165) is 23.4 Å². The molecule has 0 aliphatic carbocycles.